The van der Waals surface area contributed by atoms with E-state index in [0.717, 1.165) is 0 Å². The minimum atomic E-state index is -4.67. The molecule has 0 aliphatic rings. The van der Waals surface area contributed by atoms with Gasteiger partial charge in [-0.05, 0) is 0 Å². The number of hydrogen-bond donors (Lipinski definition) is 2. The SMILES string of the molecule is O.O=S(=O)(O)O.O=[P-]=O.[Li+]. The quantitative estimate of drug-likeness (QED) is 0.225. The van der Waals surface area contributed by atoms with Crippen molar-refractivity contribution in [2.45, 2.75) is 0 Å². The Labute approximate surface area is 70.1 Å². The van der Waals surface area contributed by atoms with Crippen LogP contribution in [0.25, 0.3) is 0 Å². The molecule has 0 saturated heterocycles. The molecule has 0 bridgehead atoms. The third-order valence-electron chi connectivity index (χ3n) is 0. The molecular formula is H4LiO7PS. The van der Waals surface area contributed by atoms with Crippen molar-refractivity contribution < 1.29 is 51.0 Å². The topological polar surface area (TPSA) is 140 Å². The predicted molar refractivity (Wildman–Crippen MR) is 26.1 cm³/mol. The van der Waals surface area contributed by atoms with E-state index in [0.29, 0.717) is 0 Å². The third kappa shape index (κ3) is 4170. The molecule has 0 rings (SSSR count). The maximum atomic E-state index is 8.74. The minimum Gasteiger partial charge on any atom is -0.474 e. The van der Waals surface area contributed by atoms with E-state index < -0.39 is 18.7 Å². The van der Waals surface area contributed by atoms with Crippen LogP contribution in [0.2, 0.25) is 0 Å². The van der Waals surface area contributed by atoms with Crippen LogP contribution in [0.15, 0.2) is 0 Å². The Hall–Kier alpha value is 0.327. The standard InChI is InChI=1S/Li.H2O4S.O2P.H2O/c;1-5(2,3)4;1-3-2;/h;(H2,1,2,3,4);;1H2/q+1;;-1;. The van der Waals surface area contributed by atoms with Gasteiger partial charge in [0.15, 0.2) is 0 Å². The first kappa shape index (κ1) is 22.4. The van der Waals surface area contributed by atoms with Crippen LogP contribution < -0.4 is 18.9 Å². The number of rotatable bonds is 0. The van der Waals surface area contributed by atoms with E-state index in [-0.39, 0.29) is 24.3 Å². The summed E-state index contributed by atoms with van der Waals surface area (Å²) in [5, 5.41) is 0. The van der Waals surface area contributed by atoms with Gasteiger partial charge in [-0.2, -0.15) is 8.42 Å². The smallest absolute Gasteiger partial charge is 0.474 e. The van der Waals surface area contributed by atoms with Crippen LogP contribution in [0, 0.1) is 0 Å². The average molecular weight is 186 g/mol. The van der Waals surface area contributed by atoms with Gasteiger partial charge in [0.2, 0.25) is 0 Å². The molecular weight excluding hydrogens is 182 g/mol. The molecule has 58 valence electrons. The van der Waals surface area contributed by atoms with Crippen LogP contribution >= 0.6 is 8.34 Å². The van der Waals surface area contributed by atoms with E-state index in [4.69, 9.17) is 26.7 Å². The Morgan fingerprint density at radius 1 is 1.10 bits per heavy atom. The molecule has 0 aromatic carbocycles. The van der Waals surface area contributed by atoms with E-state index in [1.54, 1.807) is 0 Å². The molecule has 0 aliphatic heterocycles. The Morgan fingerprint density at radius 3 is 1.10 bits per heavy atom. The minimum absolute atomic E-state index is 0. The van der Waals surface area contributed by atoms with Gasteiger partial charge in [0, 0.05) is 0 Å². The summed E-state index contributed by atoms with van der Waals surface area (Å²) in [7, 11) is -5.75. The van der Waals surface area contributed by atoms with Gasteiger partial charge < -0.3 is 14.6 Å². The monoisotopic (exact) mass is 186 g/mol. The van der Waals surface area contributed by atoms with Crippen LogP contribution in [0.3, 0.4) is 0 Å². The van der Waals surface area contributed by atoms with Crippen molar-refractivity contribution in [1.29, 1.82) is 0 Å². The molecule has 10 heteroatoms. The zero-order chi connectivity index (χ0) is 7.21. The zero-order valence-electron chi connectivity index (χ0n) is 4.88. The molecule has 0 spiro atoms. The van der Waals surface area contributed by atoms with E-state index >= 15 is 0 Å². The second-order valence-electron chi connectivity index (χ2n) is 0.522. The van der Waals surface area contributed by atoms with Crippen molar-refractivity contribution in [1.82, 2.24) is 0 Å². The van der Waals surface area contributed by atoms with Gasteiger partial charge >= 0.3 is 29.3 Å². The van der Waals surface area contributed by atoms with Crippen molar-refractivity contribution in [3.8, 4) is 0 Å². The molecule has 0 atom stereocenters. The molecule has 7 nitrogen and oxygen atoms in total. The number of hydrogen-bond acceptors (Lipinski definition) is 4. The zero-order valence-corrected chi connectivity index (χ0v) is 6.59. The predicted octanol–water partition coefficient (Wildman–Crippen LogP) is -3.85. The molecule has 0 amide bonds. The summed E-state index contributed by atoms with van der Waals surface area (Å²) in [5.74, 6) is 0. The first-order chi connectivity index (χ1) is 3.41. The summed E-state index contributed by atoms with van der Waals surface area (Å²) in [6.07, 6.45) is 0. The van der Waals surface area contributed by atoms with Gasteiger partial charge in [0.25, 0.3) is 0 Å². The van der Waals surface area contributed by atoms with E-state index in [1.165, 1.54) is 0 Å². The Morgan fingerprint density at radius 2 is 1.10 bits per heavy atom. The van der Waals surface area contributed by atoms with Crippen LogP contribution in [0.1, 0.15) is 0 Å². The molecule has 0 aromatic heterocycles. The molecule has 0 aromatic rings. The average Bonchev–Trinajstić information content (AvgIpc) is 1.27. The molecule has 0 heterocycles. The fourth-order valence-corrected chi connectivity index (χ4v) is 0. The first-order valence-corrected chi connectivity index (χ1v) is 3.19. The second kappa shape index (κ2) is 12.0. The Balaban J connectivity index is -0.0000000326. The molecule has 0 radical (unpaired) electrons. The largest absolute Gasteiger partial charge is 1.00 e. The molecule has 10 heavy (non-hydrogen) atoms. The van der Waals surface area contributed by atoms with Crippen molar-refractivity contribution in [3.05, 3.63) is 0 Å². The summed E-state index contributed by atoms with van der Waals surface area (Å²) < 4.78 is 48.3. The normalized spacial score (nSPS) is 7.00. The van der Waals surface area contributed by atoms with Crippen LogP contribution in [0.5, 0.6) is 0 Å². The molecule has 0 saturated carbocycles. The van der Waals surface area contributed by atoms with Crippen molar-refractivity contribution in [3.63, 3.8) is 0 Å². The fourth-order valence-electron chi connectivity index (χ4n) is 0. The third-order valence-corrected chi connectivity index (χ3v) is 0. The maximum Gasteiger partial charge on any atom is 1.00 e. The van der Waals surface area contributed by atoms with Gasteiger partial charge in [0.1, 0.15) is 0 Å². The van der Waals surface area contributed by atoms with Crippen molar-refractivity contribution in [2.75, 3.05) is 0 Å². The van der Waals surface area contributed by atoms with Gasteiger partial charge in [-0.15, -0.1) is 0 Å². The first-order valence-electron chi connectivity index (χ1n) is 1.06. The summed E-state index contributed by atoms with van der Waals surface area (Å²) in [4.78, 5) is 0. The van der Waals surface area contributed by atoms with Crippen LogP contribution in [-0.4, -0.2) is 23.0 Å². The Kier molecular flexibility index (Phi) is 27.0. The van der Waals surface area contributed by atoms with Crippen molar-refractivity contribution in [2.24, 2.45) is 0 Å². The second-order valence-corrected chi connectivity index (χ2v) is 1.57. The van der Waals surface area contributed by atoms with Crippen LogP contribution in [-0.2, 0) is 19.5 Å². The Bertz CT molecular complexity index is 154. The van der Waals surface area contributed by atoms with E-state index in [9.17, 15) is 0 Å². The summed E-state index contributed by atoms with van der Waals surface area (Å²) >= 11 is 0. The van der Waals surface area contributed by atoms with E-state index in [1.807, 2.05) is 0 Å². The summed E-state index contributed by atoms with van der Waals surface area (Å²) in [5.41, 5.74) is 0. The van der Waals surface area contributed by atoms with Gasteiger partial charge in [-0.1, -0.05) is 8.34 Å². The molecule has 0 aliphatic carbocycles. The molecule has 0 unspecified atom stereocenters. The molecule has 0 fully saturated rings. The van der Waals surface area contributed by atoms with Crippen LogP contribution in [0.4, 0.5) is 0 Å². The fraction of sp³-hybridized carbons (Fsp3) is 0. The maximum absolute atomic E-state index is 8.74. The van der Waals surface area contributed by atoms with Gasteiger partial charge in [0.05, 0.1) is 0 Å². The summed E-state index contributed by atoms with van der Waals surface area (Å²) in [6, 6.07) is 0. The van der Waals surface area contributed by atoms with Crippen molar-refractivity contribution >= 4 is 18.7 Å². The van der Waals surface area contributed by atoms with Gasteiger partial charge in [-0.3, -0.25) is 9.11 Å². The van der Waals surface area contributed by atoms with Gasteiger partial charge in [-0.25, -0.2) is 0 Å². The molecule has 4 N–H and O–H groups in total. The van der Waals surface area contributed by atoms with E-state index in [2.05, 4.69) is 0 Å². The summed E-state index contributed by atoms with van der Waals surface area (Å²) in [6.45, 7) is 0.